The number of unbranched alkanes of at least 4 members (excludes halogenated alkanes) is 1. The van der Waals surface area contributed by atoms with E-state index < -0.39 is 60.2 Å². The summed E-state index contributed by atoms with van der Waals surface area (Å²) in [6.07, 6.45) is 0.962. The molecule has 15 nitrogen and oxygen atoms in total. The number of hydrogen-bond acceptors (Lipinski definition) is 9. The topological polar surface area (TPSA) is 278 Å². The lowest BCUT2D eigenvalue weighted by Gasteiger charge is -2.24. The van der Waals surface area contributed by atoms with Gasteiger partial charge in [-0.25, -0.2) is 4.79 Å². The van der Waals surface area contributed by atoms with Gasteiger partial charge in [0.05, 0.1) is 12.5 Å². The van der Waals surface area contributed by atoms with Crippen LogP contribution in [0.3, 0.4) is 0 Å². The molecule has 0 aliphatic rings. The van der Waals surface area contributed by atoms with Crippen LogP contribution in [-0.2, 0) is 24.0 Å². The third kappa shape index (κ3) is 14.0. The molecular weight excluding hydrogens is 484 g/mol. The number of nitrogens with two attached hydrogens (primary N) is 4. The fourth-order valence-corrected chi connectivity index (χ4v) is 3.05. The number of aliphatic imine (C=N–C) groups is 1. The maximum absolute atomic E-state index is 12.9. The molecule has 0 spiro atoms. The van der Waals surface area contributed by atoms with Crippen molar-refractivity contribution in [2.75, 3.05) is 18.8 Å². The molecule has 0 aromatic carbocycles. The first-order valence-electron chi connectivity index (χ1n) is 10.9. The number of hydrogen-bond donors (Lipinski definition) is 10. The summed E-state index contributed by atoms with van der Waals surface area (Å²) in [6, 6.07) is -5.10. The van der Waals surface area contributed by atoms with Gasteiger partial charge in [-0.05, 0) is 38.6 Å². The lowest BCUT2D eigenvalue weighted by atomic mass is 10.1. The van der Waals surface area contributed by atoms with Crippen molar-refractivity contribution in [3.8, 4) is 0 Å². The van der Waals surface area contributed by atoms with Crippen molar-refractivity contribution in [2.45, 2.75) is 62.7 Å². The largest absolute Gasteiger partial charge is 0.481 e. The lowest BCUT2D eigenvalue weighted by molar-refractivity contribution is -0.143. The van der Waals surface area contributed by atoms with Crippen LogP contribution in [0.5, 0.6) is 0 Å². The van der Waals surface area contributed by atoms with Gasteiger partial charge >= 0.3 is 11.9 Å². The summed E-state index contributed by atoms with van der Waals surface area (Å²) in [5.41, 5.74) is 21.8. The Morgan fingerprint density at radius 2 is 1.40 bits per heavy atom. The van der Waals surface area contributed by atoms with Crippen LogP contribution in [0.25, 0.3) is 0 Å². The van der Waals surface area contributed by atoms with Crippen LogP contribution >= 0.6 is 12.6 Å². The molecule has 4 atom stereocenters. The van der Waals surface area contributed by atoms with E-state index in [9.17, 15) is 24.0 Å². The fraction of sp³-hybridized carbons (Fsp3) is 0.684. The van der Waals surface area contributed by atoms with Gasteiger partial charge in [0.2, 0.25) is 17.7 Å². The predicted molar refractivity (Wildman–Crippen MR) is 130 cm³/mol. The Bertz CT molecular complexity index is 763. The van der Waals surface area contributed by atoms with E-state index >= 15 is 0 Å². The highest BCUT2D eigenvalue weighted by molar-refractivity contribution is 7.80. The van der Waals surface area contributed by atoms with Gasteiger partial charge in [0, 0.05) is 12.3 Å². The Morgan fingerprint density at radius 1 is 0.829 bits per heavy atom. The molecule has 0 saturated heterocycles. The SMILES string of the molecule is NCCCCC(NC(=O)C(N)CCCN=C(N)N)C(=O)NC(CC(=O)O)C(=O)NC(CS)C(=O)O. The average molecular weight is 521 g/mol. The molecule has 0 rings (SSSR count). The van der Waals surface area contributed by atoms with Gasteiger partial charge in [-0.3, -0.25) is 24.2 Å². The van der Waals surface area contributed by atoms with E-state index in [0.717, 1.165) is 0 Å². The molecule has 0 aromatic heterocycles. The number of thiol groups is 1. The number of nitrogens with one attached hydrogen (secondary N) is 3. The quantitative estimate of drug-likeness (QED) is 0.0365. The highest BCUT2D eigenvalue weighted by Crippen LogP contribution is 2.05. The number of aliphatic carboxylic acids is 2. The Morgan fingerprint density at radius 3 is 1.91 bits per heavy atom. The first-order chi connectivity index (χ1) is 16.4. The van der Waals surface area contributed by atoms with Crippen molar-refractivity contribution in [3.63, 3.8) is 0 Å². The summed E-state index contributed by atoms with van der Waals surface area (Å²) in [6.45, 7) is 0.607. The van der Waals surface area contributed by atoms with Crippen molar-refractivity contribution < 1.29 is 34.2 Å². The lowest BCUT2D eigenvalue weighted by Crippen LogP contribution is -2.57. The van der Waals surface area contributed by atoms with Crippen molar-refractivity contribution in [1.82, 2.24) is 16.0 Å². The molecule has 0 heterocycles. The molecule has 0 aromatic rings. The van der Waals surface area contributed by atoms with Gasteiger partial charge in [-0.15, -0.1) is 0 Å². The van der Waals surface area contributed by atoms with Gasteiger partial charge in [-0.1, -0.05) is 0 Å². The highest BCUT2D eigenvalue weighted by Gasteiger charge is 2.31. The summed E-state index contributed by atoms with van der Waals surface area (Å²) in [5.74, 6) is -5.63. The number of guanidine groups is 1. The van der Waals surface area contributed by atoms with Gasteiger partial charge in [0.1, 0.15) is 18.1 Å². The molecule has 0 radical (unpaired) electrons. The van der Waals surface area contributed by atoms with Crippen LogP contribution < -0.4 is 38.9 Å². The van der Waals surface area contributed by atoms with Crippen molar-refractivity contribution in [1.29, 1.82) is 0 Å². The number of carbonyl (C=O) groups is 5. The molecule has 4 unspecified atom stereocenters. The second-order valence-electron chi connectivity index (χ2n) is 7.64. The van der Waals surface area contributed by atoms with Crippen molar-refractivity contribution in [2.24, 2.45) is 27.9 Å². The van der Waals surface area contributed by atoms with E-state index in [4.69, 9.17) is 33.1 Å². The number of carbonyl (C=O) groups excluding carboxylic acids is 3. The zero-order chi connectivity index (χ0) is 27.0. The van der Waals surface area contributed by atoms with Crippen LogP contribution in [0.2, 0.25) is 0 Å². The van der Waals surface area contributed by atoms with Crippen LogP contribution in [0.1, 0.15) is 38.5 Å². The van der Waals surface area contributed by atoms with Crippen LogP contribution in [-0.4, -0.2) is 88.8 Å². The summed E-state index contributed by atoms with van der Waals surface area (Å²) in [5, 5.41) is 25.1. The zero-order valence-corrected chi connectivity index (χ0v) is 20.2. The van der Waals surface area contributed by atoms with Crippen molar-refractivity contribution >= 4 is 48.2 Å². The van der Waals surface area contributed by atoms with E-state index in [2.05, 4.69) is 33.6 Å². The maximum atomic E-state index is 12.9. The normalized spacial score (nSPS) is 14.0. The first kappa shape index (κ1) is 31.9. The van der Waals surface area contributed by atoms with Gasteiger partial charge in [-0.2, -0.15) is 12.6 Å². The van der Waals surface area contributed by atoms with Crippen LogP contribution in [0.15, 0.2) is 4.99 Å². The Balaban J connectivity index is 5.35. The Labute approximate surface area is 208 Å². The molecule has 0 aliphatic heterocycles. The fourth-order valence-electron chi connectivity index (χ4n) is 2.80. The van der Waals surface area contributed by atoms with Gasteiger partial charge in [0.15, 0.2) is 5.96 Å². The van der Waals surface area contributed by atoms with E-state index in [1.54, 1.807) is 0 Å². The third-order valence-corrected chi connectivity index (χ3v) is 5.06. The molecule has 35 heavy (non-hydrogen) atoms. The smallest absolute Gasteiger partial charge is 0.327 e. The molecule has 0 fully saturated rings. The zero-order valence-electron chi connectivity index (χ0n) is 19.3. The minimum absolute atomic E-state index is 0.0938. The second kappa shape index (κ2) is 17.3. The monoisotopic (exact) mass is 520 g/mol. The highest BCUT2D eigenvalue weighted by atomic mass is 32.1. The number of nitrogens with zero attached hydrogens (tertiary/aromatic N) is 1. The Hall–Kier alpha value is -3.11. The van der Waals surface area contributed by atoms with Gasteiger partial charge < -0.3 is 49.1 Å². The van der Waals surface area contributed by atoms with E-state index in [1.165, 1.54) is 0 Å². The number of carboxylic acid groups (broad SMARTS) is 2. The maximum Gasteiger partial charge on any atom is 0.327 e. The summed E-state index contributed by atoms with van der Waals surface area (Å²) in [7, 11) is 0. The molecule has 0 aliphatic carbocycles. The summed E-state index contributed by atoms with van der Waals surface area (Å²) < 4.78 is 0. The van der Waals surface area contributed by atoms with E-state index in [0.29, 0.717) is 25.8 Å². The van der Waals surface area contributed by atoms with Crippen molar-refractivity contribution in [3.05, 3.63) is 0 Å². The third-order valence-electron chi connectivity index (χ3n) is 4.69. The number of amides is 3. The minimum Gasteiger partial charge on any atom is -0.481 e. The summed E-state index contributed by atoms with van der Waals surface area (Å²) in [4.78, 5) is 64.0. The van der Waals surface area contributed by atoms with Gasteiger partial charge in [0.25, 0.3) is 0 Å². The minimum atomic E-state index is -1.59. The molecule has 0 bridgehead atoms. The van der Waals surface area contributed by atoms with E-state index in [-0.39, 0.29) is 31.1 Å². The molecule has 200 valence electrons. The average Bonchev–Trinajstić information content (AvgIpc) is 2.77. The molecule has 0 saturated carbocycles. The molecule has 3 amide bonds. The number of carboxylic acids is 2. The molecular formula is C19H36N8O7S. The molecule has 16 heteroatoms. The standard InChI is InChI=1S/C19H36N8O7S/c20-6-2-1-5-11(25-15(30)10(21)4-3-7-24-19(22)23)16(31)26-12(8-14(28)29)17(32)27-13(9-35)18(33)34/h10-13,35H,1-9,20-21H2,(H,25,30)(H,26,31)(H,27,32)(H,28,29)(H,33,34)(H4,22,23,24). The predicted octanol–water partition coefficient (Wildman–Crippen LogP) is -3.56. The first-order valence-corrected chi connectivity index (χ1v) is 11.5. The van der Waals surface area contributed by atoms with Crippen LogP contribution in [0, 0.1) is 0 Å². The second-order valence-corrected chi connectivity index (χ2v) is 8.01. The van der Waals surface area contributed by atoms with E-state index in [1.807, 2.05) is 0 Å². The Kier molecular flexibility index (Phi) is 15.8. The number of rotatable bonds is 18. The summed E-state index contributed by atoms with van der Waals surface area (Å²) >= 11 is 3.83. The van der Waals surface area contributed by atoms with Crippen LogP contribution in [0.4, 0.5) is 0 Å². The molecule has 13 N–H and O–H groups in total.